The molecular formula is C14H20BrN3O. The van der Waals surface area contributed by atoms with E-state index in [1.54, 1.807) is 10.9 Å². The molecule has 3 rings (SSSR count). The third-order valence-corrected chi connectivity index (χ3v) is 5.37. The monoisotopic (exact) mass is 325 g/mol. The number of rotatable bonds is 3. The van der Waals surface area contributed by atoms with Gasteiger partial charge in [-0.05, 0) is 59.9 Å². The van der Waals surface area contributed by atoms with Crippen LogP contribution in [0.25, 0.3) is 0 Å². The molecule has 0 spiro atoms. The zero-order chi connectivity index (χ0) is 13.6. The van der Waals surface area contributed by atoms with Gasteiger partial charge in [-0.15, -0.1) is 0 Å². The Morgan fingerprint density at radius 3 is 2.84 bits per heavy atom. The van der Waals surface area contributed by atoms with E-state index in [4.69, 9.17) is 0 Å². The molecule has 19 heavy (non-hydrogen) atoms. The van der Waals surface area contributed by atoms with Crippen molar-refractivity contribution in [2.24, 2.45) is 24.8 Å². The Bertz CT molecular complexity index is 499. The lowest BCUT2D eigenvalue weighted by Gasteiger charge is -2.28. The highest BCUT2D eigenvalue weighted by Crippen LogP contribution is 2.49. The van der Waals surface area contributed by atoms with E-state index in [1.165, 1.54) is 25.7 Å². The lowest BCUT2D eigenvalue weighted by Crippen LogP contribution is -2.40. The van der Waals surface area contributed by atoms with Gasteiger partial charge in [-0.25, -0.2) is 0 Å². The van der Waals surface area contributed by atoms with Gasteiger partial charge in [0.1, 0.15) is 0 Å². The SMILES string of the molecule is C[C@H](NC(=O)c1nn(C)cc1Br)[C@H]1C[C@H]2CC[C@H]1C2. The molecule has 4 atom stereocenters. The van der Waals surface area contributed by atoms with Crippen molar-refractivity contribution in [3.63, 3.8) is 0 Å². The van der Waals surface area contributed by atoms with E-state index in [-0.39, 0.29) is 11.9 Å². The number of amides is 1. The number of nitrogens with one attached hydrogen (secondary N) is 1. The predicted molar refractivity (Wildman–Crippen MR) is 76.8 cm³/mol. The molecule has 0 aromatic carbocycles. The van der Waals surface area contributed by atoms with E-state index in [0.717, 1.165) is 16.3 Å². The Morgan fingerprint density at radius 2 is 2.32 bits per heavy atom. The molecule has 104 valence electrons. The average Bonchev–Trinajstić information content (AvgIpc) is 3.03. The minimum Gasteiger partial charge on any atom is -0.348 e. The molecule has 0 unspecified atom stereocenters. The van der Waals surface area contributed by atoms with Crippen molar-refractivity contribution in [3.05, 3.63) is 16.4 Å². The molecule has 1 aromatic rings. The maximum Gasteiger partial charge on any atom is 0.273 e. The van der Waals surface area contributed by atoms with Crippen molar-refractivity contribution < 1.29 is 4.79 Å². The first-order valence-corrected chi connectivity index (χ1v) is 7.84. The van der Waals surface area contributed by atoms with Crippen LogP contribution >= 0.6 is 15.9 Å². The van der Waals surface area contributed by atoms with Crippen molar-refractivity contribution in [2.45, 2.75) is 38.6 Å². The first-order valence-electron chi connectivity index (χ1n) is 7.04. The summed E-state index contributed by atoms with van der Waals surface area (Å²) < 4.78 is 2.41. The summed E-state index contributed by atoms with van der Waals surface area (Å²) in [6, 6.07) is 0.247. The quantitative estimate of drug-likeness (QED) is 0.928. The van der Waals surface area contributed by atoms with E-state index in [0.29, 0.717) is 11.6 Å². The molecule has 2 aliphatic carbocycles. The summed E-state index contributed by atoms with van der Waals surface area (Å²) in [6.45, 7) is 2.14. The molecule has 1 amide bonds. The summed E-state index contributed by atoms with van der Waals surface area (Å²) in [5.74, 6) is 2.33. The highest BCUT2D eigenvalue weighted by molar-refractivity contribution is 9.10. The molecule has 2 bridgehead atoms. The largest absolute Gasteiger partial charge is 0.348 e. The summed E-state index contributed by atoms with van der Waals surface area (Å²) in [5.41, 5.74) is 0.484. The summed E-state index contributed by atoms with van der Waals surface area (Å²) in [6.07, 6.45) is 7.21. The van der Waals surface area contributed by atoms with E-state index in [9.17, 15) is 4.79 Å². The van der Waals surface area contributed by atoms with Crippen molar-refractivity contribution in [3.8, 4) is 0 Å². The molecule has 0 radical (unpaired) electrons. The van der Waals surface area contributed by atoms with Gasteiger partial charge in [-0.2, -0.15) is 5.10 Å². The fourth-order valence-electron chi connectivity index (χ4n) is 3.90. The van der Waals surface area contributed by atoms with Crippen LogP contribution in [0.4, 0.5) is 0 Å². The fourth-order valence-corrected chi connectivity index (χ4v) is 4.46. The fraction of sp³-hybridized carbons (Fsp3) is 0.714. The average molecular weight is 326 g/mol. The van der Waals surface area contributed by atoms with Crippen LogP contribution < -0.4 is 5.32 Å². The Kier molecular flexibility index (Phi) is 3.41. The van der Waals surface area contributed by atoms with Crippen molar-refractivity contribution in [1.82, 2.24) is 15.1 Å². The number of carbonyl (C=O) groups excluding carboxylic acids is 1. The van der Waals surface area contributed by atoms with Crippen molar-refractivity contribution in [1.29, 1.82) is 0 Å². The first kappa shape index (κ1) is 13.2. The number of halogens is 1. The number of fused-ring (bicyclic) bond motifs is 2. The molecule has 5 heteroatoms. The summed E-state index contributed by atoms with van der Waals surface area (Å²) in [5, 5.41) is 7.33. The summed E-state index contributed by atoms with van der Waals surface area (Å²) in [4.78, 5) is 12.2. The standard InChI is InChI=1S/C14H20BrN3O/c1-8(11-6-9-3-4-10(11)5-9)16-14(19)13-12(15)7-18(2)17-13/h7-11H,3-6H2,1-2H3,(H,16,19)/t8-,9-,10-,11+/m0/s1. The predicted octanol–water partition coefficient (Wildman–Crippen LogP) is 2.74. The zero-order valence-electron chi connectivity index (χ0n) is 11.4. The number of nitrogens with zero attached hydrogens (tertiary/aromatic N) is 2. The van der Waals surface area contributed by atoms with Crippen LogP contribution in [0.15, 0.2) is 10.7 Å². The van der Waals surface area contributed by atoms with E-state index < -0.39 is 0 Å². The van der Waals surface area contributed by atoms with Gasteiger partial charge in [0.05, 0.1) is 4.47 Å². The first-order chi connectivity index (χ1) is 9.04. The number of aryl methyl sites for hydroxylation is 1. The second-order valence-corrected chi connectivity index (χ2v) is 6.95. The van der Waals surface area contributed by atoms with Crippen LogP contribution in [0.3, 0.4) is 0 Å². The van der Waals surface area contributed by atoms with Gasteiger partial charge in [0.25, 0.3) is 5.91 Å². The van der Waals surface area contributed by atoms with Gasteiger partial charge in [-0.1, -0.05) is 6.42 Å². The molecule has 2 saturated carbocycles. The van der Waals surface area contributed by atoms with Gasteiger partial charge in [0, 0.05) is 19.3 Å². The highest BCUT2D eigenvalue weighted by Gasteiger charge is 2.42. The molecule has 0 saturated heterocycles. The molecule has 1 heterocycles. The van der Waals surface area contributed by atoms with Crippen molar-refractivity contribution in [2.75, 3.05) is 0 Å². The lowest BCUT2D eigenvalue weighted by atomic mass is 9.84. The van der Waals surface area contributed by atoms with Gasteiger partial charge in [0.2, 0.25) is 0 Å². The Hall–Kier alpha value is -0.840. The van der Waals surface area contributed by atoms with Gasteiger partial charge in [-0.3, -0.25) is 9.48 Å². The van der Waals surface area contributed by atoms with Crippen LogP contribution in [0, 0.1) is 17.8 Å². The second-order valence-electron chi connectivity index (χ2n) is 6.10. The zero-order valence-corrected chi connectivity index (χ0v) is 13.0. The third kappa shape index (κ3) is 2.45. The summed E-state index contributed by atoms with van der Waals surface area (Å²) in [7, 11) is 1.82. The van der Waals surface area contributed by atoms with Gasteiger partial charge in [0.15, 0.2) is 5.69 Å². The van der Waals surface area contributed by atoms with Crippen LogP contribution in [0.5, 0.6) is 0 Å². The molecule has 1 N–H and O–H groups in total. The molecular weight excluding hydrogens is 306 g/mol. The number of hydrogen-bond donors (Lipinski definition) is 1. The molecule has 1 aromatic heterocycles. The maximum absolute atomic E-state index is 12.2. The van der Waals surface area contributed by atoms with Crippen LogP contribution in [0.2, 0.25) is 0 Å². The number of aromatic nitrogens is 2. The molecule has 0 aliphatic heterocycles. The van der Waals surface area contributed by atoms with E-state index >= 15 is 0 Å². The second kappa shape index (κ2) is 4.93. The van der Waals surface area contributed by atoms with E-state index in [1.807, 2.05) is 7.05 Å². The lowest BCUT2D eigenvalue weighted by molar-refractivity contribution is 0.0908. The van der Waals surface area contributed by atoms with Gasteiger partial charge >= 0.3 is 0 Å². The van der Waals surface area contributed by atoms with Crippen LogP contribution in [0.1, 0.15) is 43.1 Å². The molecule has 2 aliphatic rings. The molecule has 4 nitrogen and oxygen atoms in total. The molecule has 2 fully saturated rings. The van der Waals surface area contributed by atoms with Crippen LogP contribution in [-0.2, 0) is 7.05 Å². The normalized spacial score (nSPS) is 30.6. The topological polar surface area (TPSA) is 46.9 Å². The van der Waals surface area contributed by atoms with Gasteiger partial charge < -0.3 is 5.32 Å². The highest BCUT2D eigenvalue weighted by atomic mass is 79.9. The van der Waals surface area contributed by atoms with Crippen LogP contribution in [-0.4, -0.2) is 21.7 Å². The van der Waals surface area contributed by atoms with E-state index in [2.05, 4.69) is 33.3 Å². The third-order valence-electron chi connectivity index (χ3n) is 4.79. The number of carbonyl (C=O) groups is 1. The minimum atomic E-state index is -0.0669. The number of hydrogen-bond acceptors (Lipinski definition) is 2. The Labute approximate surface area is 122 Å². The minimum absolute atomic E-state index is 0.0669. The maximum atomic E-state index is 12.2. The summed E-state index contributed by atoms with van der Waals surface area (Å²) >= 11 is 3.38. The Balaban J connectivity index is 1.65. The van der Waals surface area contributed by atoms with Crippen molar-refractivity contribution >= 4 is 21.8 Å². The smallest absolute Gasteiger partial charge is 0.273 e. The Morgan fingerprint density at radius 1 is 1.53 bits per heavy atom.